The Morgan fingerprint density at radius 2 is 1.68 bits per heavy atom. The van der Waals surface area contributed by atoms with E-state index in [9.17, 15) is 8.42 Å². The lowest BCUT2D eigenvalue weighted by atomic mass is 9.87. The number of hydrogen-bond acceptors (Lipinski definition) is 4. The van der Waals surface area contributed by atoms with E-state index in [0.29, 0.717) is 30.6 Å². The van der Waals surface area contributed by atoms with E-state index in [1.807, 2.05) is 13.8 Å². The maximum Gasteiger partial charge on any atom is 0.240 e. The highest BCUT2D eigenvalue weighted by molar-refractivity contribution is 7.89. The van der Waals surface area contributed by atoms with Gasteiger partial charge in [0.25, 0.3) is 0 Å². The molecule has 2 unspecified atom stereocenters. The monoisotopic (exact) mass is 369 g/mol. The van der Waals surface area contributed by atoms with E-state index in [4.69, 9.17) is 9.47 Å². The van der Waals surface area contributed by atoms with Gasteiger partial charge in [-0.2, -0.15) is 0 Å². The van der Waals surface area contributed by atoms with Gasteiger partial charge in [-0.15, -0.1) is 0 Å². The molecule has 0 amide bonds. The molecule has 2 atom stereocenters. The molecule has 6 heteroatoms. The molecule has 1 aromatic carbocycles. The quantitative estimate of drug-likeness (QED) is 0.711. The molecule has 1 aliphatic rings. The average Bonchev–Trinajstić information content (AvgIpc) is 2.60. The van der Waals surface area contributed by atoms with E-state index in [1.165, 1.54) is 6.42 Å². The molecule has 5 nitrogen and oxygen atoms in total. The lowest BCUT2D eigenvalue weighted by Gasteiger charge is -2.29. The fraction of sp³-hybridized carbons (Fsp3) is 0.684. The highest BCUT2D eigenvalue weighted by atomic mass is 32.2. The Hall–Kier alpha value is -1.27. The van der Waals surface area contributed by atoms with Crippen molar-refractivity contribution >= 4 is 10.0 Å². The minimum Gasteiger partial charge on any atom is -0.490 e. The van der Waals surface area contributed by atoms with Crippen LogP contribution in [0.25, 0.3) is 0 Å². The second-order valence-electron chi connectivity index (χ2n) is 6.79. The van der Waals surface area contributed by atoms with E-state index in [2.05, 4.69) is 11.6 Å². The third-order valence-electron chi connectivity index (χ3n) is 4.57. The first-order valence-electron chi connectivity index (χ1n) is 9.40. The first-order valence-corrected chi connectivity index (χ1v) is 10.9. The first-order chi connectivity index (χ1) is 12.0. The van der Waals surface area contributed by atoms with Crippen LogP contribution in [0.4, 0.5) is 0 Å². The molecule has 0 heterocycles. The average molecular weight is 370 g/mol. The van der Waals surface area contributed by atoms with Crippen LogP contribution in [0.3, 0.4) is 0 Å². The van der Waals surface area contributed by atoms with Crippen LogP contribution in [0.5, 0.6) is 11.5 Å². The van der Waals surface area contributed by atoms with Gasteiger partial charge in [0.1, 0.15) is 0 Å². The first kappa shape index (κ1) is 20.0. The van der Waals surface area contributed by atoms with Crippen LogP contribution in [0.1, 0.15) is 59.3 Å². The second kappa shape index (κ2) is 9.43. The van der Waals surface area contributed by atoms with Crippen molar-refractivity contribution in [1.82, 2.24) is 4.72 Å². The van der Waals surface area contributed by atoms with Crippen LogP contribution in [-0.2, 0) is 10.0 Å². The molecule has 0 bridgehead atoms. The molecule has 1 N–H and O–H groups in total. The topological polar surface area (TPSA) is 64.6 Å². The van der Waals surface area contributed by atoms with Gasteiger partial charge in [-0.05, 0) is 43.7 Å². The predicted octanol–water partition coefficient (Wildman–Crippen LogP) is 4.12. The number of nitrogens with one attached hydrogen (secondary N) is 1. The molecule has 0 aromatic heterocycles. The number of benzene rings is 1. The van der Waals surface area contributed by atoms with Crippen LogP contribution in [0.15, 0.2) is 23.1 Å². The summed E-state index contributed by atoms with van der Waals surface area (Å²) in [5.41, 5.74) is 0. The van der Waals surface area contributed by atoms with E-state index in [1.54, 1.807) is 18.2 Å². The minimum atomic E-state index is -3.56. The van der Waals surface area contributed by atoms with Crippen LogP contribution in [0, 0.1) is 5.92 Å². The zero-order valence-corrected chi connectivity index (χ0v) is 16.4. The number of rotatable bonds is 9. The van der Waals surface area contributed by atoms with Crippen LogP contribution in [0.2, 0.25) is 0 Å². The summed E-state index contributed by atoms with van der Waals surface area (Å²) in [6, 6.07) is 4.88. The molecule has 0 radical (unpaired) electrons. The maximum absolute atomic E-state index is 12.8. The highest BCUT2D eigenvalue weighted by Gasteiger charge is 2.27. The highest BCUT2D eigenvalue weighted by Crippen LogP contribution is 2.31. The summed E-state index contributed by atoms with van der Waals surface area (Å²) in [6.07, 6.45) is 5.96. The van der Waals surface area contributed by atoms with E-state index >= 15 is 0 Å². The van der Waals surface area contributed by atoms with Crippen LogP contribution >= 0.6 is 0 Å². The molecule has 25 heavy (non-hydrogen) atoms. The maximum atomic E-state index is 12.8. The molecule has 142 valence electrons. The molecule has 0 aliphatic heterocycles. The van der Waals surface area contributed by atoms with Gasteiger partial charge in [0, 0.05) is 12.1 Å². The summed E-state index contributed by atoms with van der Waals surface area (Å²) in [4.78, 5) is 0.236. The molecule has 2 rings (SSSR count). The van der Waals surface area contributed by atoms with Crippen molar-refractivity contribution < 1.29 is 17.9 Å². The Labute approximate surface area is 152 Å². The van der Waals surface area contributed by atoms with Crippen molar-refractivity contribution in [2.45, 2.75) is 70.2 Å². The molecule has 1 saturated carbocycles. The van der Waals surface area contributed by atoms with Gasteiger partial charge < -0.3 is 9.47 Å². The second-order valence-corrected chi connectivity index (χ2v) is 8.51. The third-order valence-corrected chi connectivity index (χ3v) is 6.05. The zero-order chi connectivity index (χ0) is 18.3. The van der Waals surface area contributed by atoms with Gasteiger partial charge in [0.15, 0.2) is 11.5 Å². The molecule has 1 aromatic rings. The van der Waals surface area contributed by atoms with Crippen molar-refractivity contribution in [2.75, 3.05) is 13.2 Å². The Morgan fingerprint density at radius 1 is 1.04 bits per heavy atom. The standard InChI is InChI=1S/C19H31NO4S/c1-4-12-23-18-11-10-16(14-19(18)24-13-5-2)25(21,22)20-17-9-7-6-8-15(17)3/h10-11,14-15,17,20H,4-9,12-13H2,1-3H3. The lowest BCUT2D eigenvalue weighted by molar-refractivity contribution is 0.267. The summed E-state index contributed by atoms with van der Waals surface area (Å²) < 4.78 is 39.9. The minimum absolute atomic E-state index is 0.00905. The Bertz CT molecular complexity index is 645. The largest absolute Gasteiger partial charge is 0.490 e. The Morgan fingerprint density at radius 3 is 2.32 bits per heavy atom. The summed E-state index contributed by atoms with van der Waals surface area (Å²) in [5, 5.41) is 0. The van der Waals surface area contributed by atoms with Gasteiger partial charge in [0.2, 0.25) is 10.0 Å². The number of ether oxygens (including phenoxy) is 2. The summed E-state index contributed by atoms with van der Waals surface area (Å²) >= 11 is 0. The van der Waals surface area contributed by atoms with Crippen molar-refractivity contribution in [3.8, 4) is 11.5 Å². The summed E-state index contributed by atoms with van der Waals surface area (Å²) in [5.74, 6) is 1.46. The normalized spacial score (nSPS) is 21.1. The van der Waals surface area contributed by atoms with E-state index in [-0.39, 0.29) is 10.9 Å². The Kier molecular flexibility index (Phi) is 7.56. The van der Waals surface area contributed by atoms with Crippen LogP contribution in [-0.4, -0.2) is 27.7 Å². The van der Waals surface area contributed by atoms with Gasteiger partial charge in [-0.25, -0.2) is 13.1 Å². The van der Waals surface area contributed by atoms with E-state index < -0.39 is 10.0 Å². The SMILES string of the molecule is CCCOc1ccc(S(=O)(=O)NC2CCCCC2C)cc1OCCC. The van der Waals surface area contributed by atoms with Crippen molar-refractivity contribution in [3.63, 3.8) is 0 Å². The lowest BCUT2D eigenvalue weighted by Crippen LogP contribution is -2.40. The van der Waals surface area contributed by atoms with Crippen LogP contribution < -0.4 is 14.2 Å². The van der Waals surface area contributed by atoms with Gasteiger partial charge in [0.05, 0.1) is 18.1 Å². The molecular weight excluding hydrogens is 338 g/mol. The van der Waals surface area contributed by atoms with Gasteiger partial charge in [-0.1, -0.05) is 33.6 Å². The zero-order valence-electron chi connectivity index (χ0n) is 15.6. The number of hydrogen-bond donors (Lipinski definition) is 1. The summed E-state index contributed by atoms with van der Waals surface area (Å²) in [7, 11) is -3.56. The molecule has 1 fully saturated rings. The summed E-state index contributed by atoms with van der Waals surface area (Å²) in [6.45, 7) is 7.26. The fourth-order valence-electron chi connectivity index (χ4n) is 3.07. The van der Waals surface area contributed by atoms with E-state index in [0.717, 1.165) is 32.1 Å². The van der Waals surface area contributed by atoms with Crippen molar-refractivity contribution in [1.29, 1.82) is 0 Å². The molecule has 1 aliphatic carbocycles. The fourth-order valence-corrected chi connectivity index (χ4v) is 4.46. The molecular formula is C19H31NO4S. The van der Waals surface area contributed by atoms with Gasteiger partial charge in [-0.3, -0.25) is 0 Å². The van der Waals surface area contributed by atoms with Crippen molar-refractivity contribution in [3.05, 3.63) is 18.2 Å². The van der Waals surface area contributed by atoms with Gasteiger partial charge >= 0.3 is 0 Å². The third kappa shape index (κ3) is 5.61. The van der Waals surface area contributed by atoms with Crippen molar-refractivity contribution in [2.24, 2.45) is 5.92 Å². The Balaban J connectivity index is 2.20. The predicted molar refractivity (Wildman–Crippen MR) is 99.8 cm³/mol. The number of sulfonamides is 1. The molecule has 0 saturated heterocycles. The smallest absolute Gasteiger partial charge is 0.240 e. The molecule has 0 spiro atoms.